The Kier molecular flexibility index (Phi) is 5.60. The normalized spacial score (nSPS) is 18.2. The highest BCUT2D eigenvalue weighted by Crippen LogP contribution is 2.27. The van der Waals surface area contributed by atoms with Crippen LogP contribution in [0.1, 0.15) is 17.5 Å². The molecule has 0 spiro atoms. The number of hydrogen-bond acceptors (Lipinski definition) is 4. The number of benzene rings is 2. The summed E-state index contributed by atoms with van der Waals surface area (Å²) >= 11 is 12.0. The first-order valence-electron chi connectivity index (χ1n) is 9.21. The van der Waals surface area contributed by atoms with Crippen LogP contribution in [0.4, 0.5) is 0 Å². The smallest absolute Gasteiger partial charge is 0.227 e. The number of nitrogens with zero attached hydrogens (tertiary/aromatic N) is 1. The van der Waals surface area contributed by atoms with Crippen molar-refractivity contribution in [3.8, 4) is 0 Å². The van der Waals surface area contributed by atoms with E-state index in [1.165, 1.54) is 0 Å². The molecule has 1 aliphatic heterocycles. The highest BCUT2D eigenvalue weighted by Gasteiger charge is 2.34. The van der Waals surface area contributed by atoms with Crippen molar-refractivity contribution in [2.75, 3.05) is 11.5 Å². The summed E-state index contributed by atoms with van der Waals surface area (Å²) in [5.41, 5.74) is 2.28. The number of fused-ring (bicyclic) bond motifs is 1. The SMILES string of the molecule is O=C(Cc1coc2ccc(Cl)cc12)N(Cc1ccc(Cl)cc1)C1CCS(=O)(=O)C1. The molecule has 2 heterocycles. The van der Waals surface area contributed by atoms with Crippen molar-refractivity contribution in [3.63, 3.8) is 0 Å². The molecule has 1 atom stereocenters. The molecule has 1 unspecified atom stereocenters. The summed E-state index contributed by atoms with van der Waals surface area (Å²) in [5, 5.41) is 1.96. The summed E-state index contributed by atoms with van der Waals surface area (Å²) in [6.45, 7) is 0.326. The molecule has 0 N–H and O–H groups in total. The fourth-order valence-electron chi connectivity index (χ4n) is 3.68. The highest BCUT2D eigenvalue weighted by atomic mass is 35.5. The molecule has 1 amide bonds. The van der Waals surface area contributed by atoms with Gasteiger partial charge in [-0.05, 0) is 42.3 Å². The molecule has 0 bridgehead atoms. The fourth-order valence-corrected chi connectivity index (χ4v) is 5.71. The quantitative estimate of drug-likeness (QED) is 0.572. The molecule has 5 nitrogen and oxygen atoms in total. The molecule has 1 saturated heterocycles. The van der Waals surface area contributed by atoms with Gasteiger partial charge in [-0.1, -0.05) is 35.3 Å². The second kappa shape index (κ2) is 8.01. The van der Waals surface area contributed by atoms with Crippen LogP contribution in [-0.2, 0) is 27.6 Å². The summed E-state index contributed by atoms with van der Waals surface area (Å²) < 4.78 is 29.6. The van der Waals surface area contributed by atoms with Crippen LogP contribution in [-0.4, -0.2) is 36.8 Å². The molecule has 0 radical (unpaired) electrons. The van der Waals surface area contributed by atoms with Crippen LogP contribution in [0, 0.1) is 0 Å². The molecule has 2 aromatic carbocycles. The number of furan rings is 1. The molecule has 1 aliphatic rings. The number of hydrogen-bond donors (Lipinski definition) is 0. The van der Waals surface area contributed by atoms with E-state index < -0.39 is 9.84 Å². The second-order valence-electron chi connectivity index (χ2n) is 7.28. The molecule has 3 aromatic rings. The zero-order valence-electron chi connectivity index (χ0n) is 15.5. The van der Waals surface area contributed by atoms with E-state index in [0.29, 0.717) is 28.6 Å². The minimum Gasteiger partial charge on any atom is -0.464 e. The standard InChI is InChI=1S/C21H19Cl2NO4S/c22-16-3-1-14(2-4-16)11-24(18-7-8-29(26,27)13-18)21(25)9-15-12-28-20-6-5-17(23)10-19(15)20/h1-6,10,12,18H,7-9,11,13H2. The Bertz CT molecular complexity index is 1160. The van der Waals surface area contributed by atoms with E-state index in [2.05, 4.69) is 0 Å². The number of rotatable bonds is 5. The van der Waals surface area contributed by atoms with Crippen LogP contribution in [0.5, 0.6) is 0 Å². The van der Waals surface area contributed by atoms with Crippen molar-refractivity contribution in [2.24, 2.45) is 0 Å². The summed E-state index contributed by atoms with van der Waals surface area (Å²) in [5.74, 6) is -0.0545. The van der Waals surface area contributed by atoms with E-state index in [1.54, 1.807) is 41.5 Å². The van der Waals surface area contributed by atoms with Crippen molar-refractivity contribution in [3.05, 3.63) is 69.9 Å². The van der Waals surface area contributed by atoms with Gasteiger partial charge in [-0.3, -0.25) is 4.79 Å². The van der Waals surface area contributed by atoms with Crippen LogP contribution in [0.2, 0.25) is 10.0 Å². The van der Waals surface area contributed by atoms with E-state index in [1.807, 2.05) is 12.1 Å². The van der Waals surface area contributed by atoms with Gasteiger partial charge < -0.3 is 9.32 Å². The van der Waals surface area contributed by atoms with E-state index >= 15 is 0 Å². The fraction of sp³-hybridized carbons (Fsp3) is 0.286. The zero-order valence-corrected chi connectivity index (χ0v) is 17.8. The number of sulfone groups is 1. The van der Waals surface area contributed by atoms with Crippen LogP contribution >= 0.6 is 23.2 Å². The molecule has 8 heteroatoms. The average Bonchev–Trinajstić information content (AvgIpc) is 3.23. The minimum absolute atomic E-state index is 0.00963. The van der Waals surface area contributed by atoms with E-state index in [9.17, 15) is 13.2 Å². The van der Waals surface area contributed by atoms with Gasteiger partial charge in [0.25, 0.3) is 0 Å². The Morgan fingerprint density at radius 3 is 2.52 bits per heavy atom. The summed E-state index contributed by atoms with van der Waals surface area (Å²) in [6.07, 6.45) is 2.11. The largest absolute Gasteiger partial charge is 0.464 e. The molecule has 0 saturated carbocycles. The van der Waals surface area contributed by atoms with E-state index in [4.69, 9.17) is 27.6 Å². The van der Waals surface area contributed by atoms with Crippen LogP contribution in [0.15, 0.2) is 53.1 Å². The molecule has 1 fully saturated rings. The lowest BCUT2D eigenvalue weighted by atomic mass is 10.1. The van der Waals surface area contributed by atoms with Crippen molar-refractivity contribution >= 4 is 49.9 Å². The molecule has 0 aliphatic carbocycles. The van der Waals surface area contributed by atoms with E-state index in [-0.39, 0.29) is 29.9 Å². The molecule has 29 heavy (non-hydrogen) atoms. The maximum Gasteiger partial charge on any atom is 0.227 e. The lowest BCUT2D eigenvalue weighted by Gasteiger charge is -2.28. The zero-order chi connectivity index (χ0) is 20.6. The van der Waals surface area contributed by atoms with Gasteiger partial charge in [0.2, 0.25) is 5.91 Å². The van der Waals surface area contributed by atoms with Gasteiger partial charge in [-0.25, -0.2) is 8.42 Å². The van der Waals surface area contributed by atoms with Gasteiger partial charge in [0.05, 0.1) is 24.2 Å². The Balaban J connectivity index is 1.61. The third-order valence-corrected chi connectivity index (χ3v) is 7.43. The Morgan fingerprint density at radius 1 is 1.10 bits per heavy atom. The number of amides is 1. The predicted octanol–water partition coefficient (Wildman–Crippen LogP) is 4.50. The van der Waals surface area contributed by atoms with Crippen LogP contribution in [0.3, 0.4) is 0 Å². The first-order valence-corrected chi connectivity index (χ1v) is 11.8. The molecule has 4 rings (SSSR count). The third-order valence-electron chi connectivity index (χ3n) is 5.19. The average molecular weight is 452 g/mol. The lowest BCUT2D eigenvalue weighted by Crippen LogP contribution is -2.41. The van der Waals surface area contributed by atoms with Crippen LogP contribution < -0.4 is 0 Å². The maximum absolute atomic E-state index is 13.2. The first kappa shape index (κ1) is 20.3. The lowest BCUT2D eigenvalue weighted by molar-refractivity contribution is -0.133. The van der Waals surface area contributed by atoms with Gasteiger partial charge in [0, 0.05) is 33.6 Å². The van der Waals surface area contributed by atoms with Gasteiger partial charge in [0.15, 0.2) is 9.84 Å². The molecular formula is C21H19Cl2NO4S. The number of halogens is 2. The van der Waals surface area contributed by atoms with Gasteiger partial charge in [-0.2, -0.15) is 0 Å². The first-order chi connectivity index (χ1) is 13.8. The molecular weight excluding hydrogens is 433 g/mol. The van der Waals surface area contributed by atoms with Gasteiger partial charge in [-0.15, -0.1) is 0 Å². The summed E-state index contributed by atoms with van der Waals surface area (Å²) in [6, 6.07) is 12.1. The monoisotopic (exact) mass is 451 g/mol. The summed E-state index contributed by atoms with van der Waals surface area (Å²) in [4.78, 5) is 14.9. The second-order valence-corrected chi connectivity index (χ2v) is 10.4. The minimum atomic E-state index is -3.13. The highest BCUT2D eigenvalue weighted by molar-refractivity contribution is 7.91. The summed E-state index contributed by atoms with van der Waals surface area (Å²) in [7, 11) is -3.13. The van der Waals surface area contributed by atoms with Crippen molar-refractivity contribution < 1.29 is 17.6 Å². The van der Waals surface area contributed by atoms with Crippen molar-refractivity contribution in [1.29, 1.82) is 0 Å². The predicted molar refractivity (Wildman–Crippen MR) is 114 cm³/mol. The van der Waals surface area contributed by atoms with Crippen LogP contribution in [0.25, 0.3) is 11.0 Å². The molecule has 1 aromatic heterocycles. The number of carbonyl (C=O) groups is 1. The van der Waals surface area contributed by atoms with E-state index in [0.717, 1.165) is 16.5 Å². The topological polar surface area (TPSA) is 67.6 Å². The number of carbonyl (C=O) groups excluding carboxylic acids is 1. The van der Waals surface area contributed by atoms with Gasteiger partial charge >= 0.3 is 0 Å². The van der Waals surface area contributed by atoms with Crippen molar-refractivity contribution in [2.45, 2.75) is 25.4 Å². The Hall–Kier alpha value is -2.02. The Labute approximate surface area is 179 Å². The van der Waals surface area contributed by atoms with Gasteiger partial charge in [0.1, 0.15) is 5.58 Å². The molecule has 152 valence electrons. The van der Waals surface area contributed by atoms with Crippen molar-refractivity contribution in [1.82, 2.24) is 4.90 Å². The third kappa shape index (κ3) is 4.60. The Morgan fingerprint density at radius 2 is 1.83 bits per heavy atom. The maximum atomic E-state index is 13.2.